The van der Waals surface area contributed by atoms with Gasteiger partial charge < -0.3 is 9.80 Å². The van der Waals surface area contributed by atoms with Crippen LogP contribution in [-0.2, 0) is 10.1 Å². The number of piperazine rings is 1. The highest BCUT2D eigenvalue weighted by atomic mass is 79.9. The molecule has 0 bridgehead atoms. The van der Waals surface area contributed by atoms with Crippen LogP contribution in [0.5, 0.6) is 0 Å². The Hall–Kier alpha value is -1.36. The number of alkyl halides is 1. The highest BCUT2D eigenvalue weighted by molar-refractivity contribution is 9.08. The van der Waals surface area contributed by atoms with Crippen molar-refractivity contribution in [2.24, 2.45) is 0 Å². The Morgan fingerprint density at radius 3 is 2.37 bits per heavy atom. The highest BCUT2D eigenvalue weighted by Crippen LogP contribution is 2.13. The quantitative estimate of drug-likeness (QED) is 0.779. The average Bonchev–Trinajstić information content (AvgIpc) is 2.46. The molecular formula is C14H17BrN2O2. The molecule has 1 aliphatic rings. The van der Waals surface area contributed by atoms with Crippen molar-refractivity contribution in [2.75, 3.05) is 26.2 Å². The fraction of sp³-hybridized carbons (Fsp3) is 0.429. The maximum Gasteiger partial charge on any atom is 0.253 e. The van der Waals surface area contributed by atoms with E-state index in [1.807, 2.05) is 29.2 Å². The fourth-order valence-corrected chi connectivity index (χ4v) is 2.54. The molecule has 1 aliphatic heterocycles. The Kier molecular flexibility index (Phi) is 4.58. The molecule has 0 aliphatic carbocycles. The molecule has 0 aromatic heterocycles. The zero-order chi connectivity index (χ0) is 13.8. The smallest absolute Gasteiger partial charge is 0.253 e. The monoisotopic (exact) mass is 324 g/mol. The summed E-state index contributed by atoms with van der Waals surface area (Å²) < 4.78 is 0. The molecule has 1 aromatic carbocycles. The zero-order valence-corrected chi connectivity index (χ0v) is 12.5. The second-order valence-electron chi connectivity index (χ2n) is 4.63. The van der Waals surface area contributed by atoms with Crippen LogP contribution in [0.3, 0.4) is 0 Å². The first kappa shape index (κ1) is 14.1. The summed E-state index contributed by atoms with van der Waals surface area (Å²) in [6.07, 6.45) is 0. The summed E-state index contributed by atoms with van der Waals surface area (Å²) in [4.78, 5) is 27.2. The Labute approximate surface area is 121 Å². The second kappa shape index (κ2) is 6.19. The molecule has 19 heavy (non-hydrogen) atoms. The standard InChI is InChI=1S/C14H17BrN2O2/c1-11(18)16-5-7-17(8-6-16)14(19)13-4-2-3-12(9-13)10-15/h2-4,9H,5-8,10H2,1H3. The van der Waals surface area contributed by atoms with E-state index in [-0.39, 0.29) is 11.8 Å². The van der Waals surface area contributed by atoms with Gasteiger partial charge in [-0.2, -0.15) is 0 Å². The number of nitrogens with zero attached hydrogens (tertiary/aromatic N) is 2. The van der Waals surface area contributed by atoms with Crippen LogP contribution in [0.1, 0.15) is 22.8 Å². The average molecular weight is 325 g/mol. The number of amides is 2. The van der Waals surface area contributed by atoms with Crippen LogP contribution >= 0.6 is 15.9 Å². The highest BCUT2D eigenvalue weighted by Gasteiger charge is 2.23. The number of benzene rings is 1. The molecule has 0 spiro atoms. The lowest BCUT2D eigenvalue weighted by molar-refractivity contribution is -0.130. The summed E-state index contributed by atoms with van der Waals surface area (Å²) >= 11 is 3.39. The minimum absolute atomic E-state index is 0.0472. The maximum atomic E-state index is 12.4. The van der Waals surface area contributed by atoms with Crippen molar-refractivity contribution >= 4 is 27.7 Å². The molecule has 2 rings (SSSR count). The van der Waals surface area contributed by atoms with Crippen LogP contribution in [0.4, 0.5) is 0 Å². The molecule has 0 radical (unpaired) electrons. The number of rotatable bonds is 2. The Balaban J connectivity index is 2.02. The van der Waals surface area contributed by atoms with Crippen molar-refractivity contribution < 1.29 is 9.59 Å². The van der Waals surface area contributed by atoms with Gasteiger partial charge in [0.2, 0.25) is 5.91 Å². The minimum Gasteiger partial charge on any atom is -0.339 e. The van der Waals surface area contributed by atoms with E-state index in [0.717, 1.165) is 10.9 Å². The summed E-state index contributed by atoms with van der Waals surface area (Å²) in [5, 5.41) is 0.742. The van der Waals surface area contributed by atoms with Gasteiger partial charge in [-0.3, -0.25) is 9.59 Å². The van der Waals surface area contributed by atoms with Gasteiger partial charge in [-0.15, -0.1) is 0 Å². The molecule has 102 valence electrons. The van der Waals surface area contributed by atoms with E-state index in [4.69, 9.17) is 0 Å². The van der Waals surface area contributed by atoms with Crippen molar-refractivity contribution in [2.45, 2.75) is 12.3 Å². The van der Waals surface area contributed by atoms with E-state index in [1.165, 1.54) is 0 Å². The summed E-state index contributed by atoms with van der Waals surface area (Å²) in [7, 11) is 0. The van der Waals surface area contributed by atoms with Gasteiger partial charge in [0.25, 0.3) is 5.91 Å². The minimum atomic E-state index is 0.0472. The van der Waals surface area contributed by atoms with Crippen LogP contribution < -0.4 is 0 Å². The van der Waals surface area contributed by atoms with Gasteiger partial charge in [0.05, 0.1) is 0 Å². The van der Waals surface area contributed by atoms with Gasteiger partial charge in [0.15, 0.2) is 0 Å². The summed E-state index contributed by atoms with van der Waals surface area (Å²) in [6, 6.07) is 7.63. The summed E-state index contributed by atoms with van der Waals surface area (Å²) in [5.74, 6) is 0.124. The number of carbonyl (C=O) groups is 2. The number of halogens is 1. The van der Waals surface area contributed by atoms with Crippen molar-refractivity contribution in [3.63, 3.8) is 0 Å². The molecule has 5 heteroatoms. The lowest BCUT2D eigenvalue weighted by atomic mass is 10.1. The molecule has 4 nitrogen and oxygen atoms in total. The molecule has 0 N–H and O–H groups in total. The Morgan fingerprint density at radius 2 is 1.79 bits per heavy atom. The van der Waals surface area contributed by atoms with Gasteiger partial charge in [0.1, 0.15) is 0 Å². The molecule has 2 amide bonds. The SMILES string of the molecule is CC(=O)N1CCN(C(=O)c2cccc(CBr)c2)CC1. The van der Waals surface area contributed by atoms with Gasteiger partial charge in [-0.1, -0.05) is 28.1 Å². The third-order valence-corrected chi connectivity index (χ3v) is 3.99. The molecule has 1 aromatic rings. The van der Waals surface area contributed by atoms with Gasteiger partial charge in [-0.05, 0) is 17.7 Å². The largest absolute Gasteiger partial charge is 0.339 e. The number of hydrogen-bond acceptors (Lipinski definition) is 2. The van der Waals surface area contributed by atoms with Crippen LogP contribution in [0.25, 0.3) is 0 Å². The lowest BCUT2D eigenvalue weighted by Crippen LogP contribution is -2.50. The van der Waals surface area contributed by atoms with Gasteiger partial charge in [0, 0.05) is 44.0 Å². The predicted molar refractivity (Wildman–Crippen MR) is 77.2 cm³/mol. The van der Waals surface area contributed by atoms with Crippen LogP contribution in [-0.4, -0.2) is 47.8 Å². The molecule has 1 saturated heterocycles. The lowest BCUT2D eigenvalue weighted by Gasteiger charge is -2.34. The first-order valence-corrected chi connectivity index (χ1v) is 7.43. The van der Waals surface area contributed by atoms with Crippen LogP contribution in [0, 0.1) is 0 Å². The molecular weight excluding hydrogens is 308 g/mol. The number of carbonyl (C=O) groups excluding carboxylic acids is 2. The Morgan fingerprint density at radius 1 is 1.16 bits per heavy atom. The molecule has 0 unspecified atom stereocenters. The number of hydrogen-bond donors (Lipinski definition) is 0. The van der Waals surface area contributed by atoms with E-state index in [2.05, 4.69) is 15.9 Å². The zero-order valence-electron chi connectivity index (χ0n) is 10.9. The first-order valence-electron chi connectivity index (χ1n) is 6.31. The van der Waals surface area contributed by atoms with Crippen LogP contribution in [0.2, 0.25) is 0 Å². The maximum absolute atomic E-state index is 12.4. The summed E-state index contributed by atoms with van der Waals surface area (Å²) in [5.41, 5.74) is 1.81. The molecule has 0 saturated carbocycles. The van der Waals surface area contributed by atoms with Gasteiger partial charge >= 0.3 is 0 Å². The van der Waals surface area contributed by atoms with Crippen molar-refractivity contribution in [3.05, 3.63) is 35.4 Å². The molecule has 0 atom stereocenters. The van der Waals surface area contributed by atoms with Gasteiger partial charge in [-0.25, -0.2) is 0 Å². The normalized spacial score (nSPS) is 15.5. The predicted octanol–water partition coefficient (Wildman–Crippen LogP) is 1.89. The van der Waals surface area contributed by atoms with Crippen molar-refractivity contribution in [3.8, 4) is 0 Å². The van der Waals surface area contributed by atoms with Crippen molar-refractivity contribution in [1.82, 2.24) is 9.80 Å². The molecule has 1 heterocycles. The topological polar surface area (TPSA) is 40.6 Å². The van der Waals surface area contributed by atoms with E-state index >= 15 is 0 Å². The van der Waals surface area contributed by atoms with Crippen molar-refractivity contribution in [1.29, 1.82) is 0 Å². The third kappa shape index (κ3) is 3.35. The fourth-order valence-electron chi connectivity index (χ4n) is 2.19. The van der Waals surface area contributed by atoms with Crippen LogP contribution in [0.15, 0.2) is 24.3 Å². The van der Waals surface area contributed by atoms with E-state index < -0.39 is 0 Å². The van der Waals surface area contributed by atoms with E-state index in [9.17, 15) is 9.59 Å². The van der Waals surface area contributed by atoms with E-state index in [0.29, 0.717) is 31.7 Å². The Bertz CT molecular complexity index is 482. The summed E-state index contributed by atoms with van der Waals surface area (Å²) in [6.45, 7) is 4.03. The molecule has 1 fully saturated rings. The second-order valence-corrected chi connectivity index (χ2v) is 5.19. The van der Waals surface area contributed by atoms with E-state index in [1.54, 1.807) is 11.8 Å². The first-order chi connectivity index (χ1) is 9.11. The third-order valence-electron chi connectivity index (χ3n) is 3.34.